The fraction of sp³-hybridized carbons (Fsp3) is 0.733. The molecule has 0 spiro atoms. The molecular weight excluding hydrogens is 224 g/mol. The third-order valence-electron chi connectivity index (χ3n) is 3.84. The van der Waals surface area contributed by atoms with Crippen LogP contribution in [-0.4, -0.2) is 23.0 Å². The zero-order valence-corrected chi connectivity index (χ0v) is 12.1. The van der Waals surface area contributed by atoms with Crippen LogP contribution < -0.4 is 5.32 Å². The van der Waals surface area contributed by atoms with Gasteiger partial charge in [-0.2, -0.15) is 0 Å². The highest BCUT2D eigenvalue weighted by Gasteiger charge is 2.32. The molecule has 1 aromatic rings. The van der Waals surface area contributed by atoms with Gasteiger partial charge in [0.1, 0.15) is 5.76 Å². The van der Waals surface area contributed by atoms with Gasteiger partial charge >= 0.3 is 0 Å². The van der Waals surface area contributed by atoms with Crippen LogP contribution >= 0.6 is 0 Å². The van der Waals surface area contributed by atoms with Crippen molar-refractivity contribution in [1.29, 1.82) is 0 Å². The second kappa shape index (κ2) is 5.45. The Hall–Kier alpha value is -0.800. The van der Waals surface area contributed by atoms with E-state index in [0.717, 1.165) is 18.8 Å². The van der Waals surface area contributed by atoms with Gasteiger partial charge in [0, 0.05) is 23.7 Å². The first-order valence-corrected chi connectivity index (χ1v) is 7.02. The lowest BCUT2D eigenvalue weighted by molar-refractivity contribution is 0.154. The Morgan fingerprint density at radius 3 is 2.83 bits per heavy atom. The first kappa shape index (κ1) is 13.6. The molecule has 3 nitrogen and oxygen atoms in total. The van der Waals surface area contributed by atoms with Crippen molar-refractivity contribution >= 4 is 0 Å². The predicted molar refractivity (Wildman–Crippen MR) is 74.4 cm³/mol. The molecule has 0 atom stereocenters. The highest BCUT2D eigenvalue weighted by Crippen LogP contribution is 2.29. The molecule has 2 heterocycles. The number of furan rings is 1. The third kappa shape index (κ3) is 3.36. The molecule has 1 aliphatic heterocycles. The summed E-state index contributed by atoms with van der Waals surface area (Å²) in [4.78, 5) is 2.52. The standard InChI is InChI=1S/C15H26N2O/c1-12(2)16-9-13-8-14(18-11-13)10-17-7-5-6-15(17,3)4/h8,11-12,16H,5-7,9-10H2,1-4H3. The smallest absolute Gasteiger partial charge is 0.118 e. The summed E-state index contributed by atoms with van der Waals surface area (Å²) in [6.07, 6.45) is 4.47. The second-order valence-corrected chi connectivity index (χ2v) is 6.29. The summed E-state index contributed by atoms with van der Waals surface area (Å²) in [7, 11) is 0. The zero-order valence-electron chi connectivity index (χ0n) is 12.1. The van der Waals surface area contributed by atoms with E-state index in [1.54, 1.807) is 0 Å². The van der Waals surface area contributed by atoms with Crippen LogP contribution in [0.5, 0.6) is 0 Å². The lowest BCUT2D eigenvalue weighted by atomic mass is 10.0. The predicted octanol–water partition coefficient (Wildman–Crippen LogP) is 3.15. The number of hydrogen-bond acceptors (Lipinski definition) is 3. The first-order chi connectivity index (χ1) is 8.47. The van der Waals surface area contributed by atoms with Crippen LogP contribution in [0, 0.1) is 0 Å². The van der Waals surface area contributed by atoms with E-state index in [4.69, 9.17) is 4.42 Å². The molecule has 3 heteroatoms. The molecule has 1 aliphatic rings. The number of rotatable bonds is 5. The van der Waals surface area contributed by atoms with E-state index in [0.29, 0.717) is 11.6 Å². The first-order valence-electron chi connectivity index (χ1n) is 7.02. The summed E-state index contributed by atoms with van der Waals surface area (Å²) in [5.41, 5.74) is 1.57. The van der Waals surface area contributed by atoms with E-state index in [-0.39, 0.29) is 0 Å². The van der Waals surface area contributed by atoms with Crippen LogP contribution in [0.25, 0.3) is 0 Å². The van der Waals surface area contributed by atoms with Crippen LogP contribution in [0.1, 0.15) is 51.9 Å². The topological polar surface area (TPSA) is 28.4 Å². The molecule has 0 aliphatic carbocycles. The lowest BCUT2D eigenvalue weighted by Gasteiger charge is -2.30. The van der Waals surface area contributed by atoms with Crippen LogP contribution in [0.4, 0.5) is 0 Å². The van der Waals surface area contributed by atoms with Crippen molar-refractivity contribution in [3.8, 4) is 0 Å². The van der Waals surface area contributed by atoms with Gasteiger partial charge in [-0.3, -0.25) is 4.90 Å². The SMILES string of the molecule is CC(C)NCc1coc(CN2CCCC2(C)C)c1. The van der Waals surface area contributed by atoms with Crippen LogP contribution in [-0.2, 0) is 13.1 Å². The summed E-state index contributed by atoms with van der Waals surface area (Å²) in [6, 6.07) is 2.70. The van der Waals surface area contributed by atoms with Gasteiger partial charge in [-0.05, 0) is 39.3 Å². The van der Waals surface area contributed by atoms with E-state index < -0.39 is 0 Å². The van der Waals surface area contributed by atoms with Gasteiger partial charge in [0.25, 0.3) is 0 Å². The highest BCUT2D eigenvalue weighted by atomic mass is 16.3. The summed E-state index contributed by atoms with van der Waals surface area (Å²) in [5, 5.41) is 3.41. The zero-order chi connectivity index (χ0) is 13.2. The van der Waals surface area contributed by atoms with E-state index in [1.165, 1.54) is 24.9 Å². The maximum Gasteiger partial charge on any atom is 0.118 e. The summed E-state index contributed by atoms with van der Waals surface area (Å²) < 4.78 is 5.67. The quantitative estimate of drug-likeness (QED) is 0.870. The molecule has 0 aromatic carbocycles. The molecule has 2 rings (SSSR count). The largest absolute Gasteiger partial charge is 0.468 e. The van der Waals surface area contributed by atoms with E-state index in [2.05, 4.69) is 44.0 Å². The Morgan fingerprint density at radius 1 is 1.44 bits per heavy atom. The number of hydrogen-bond donors (Lipinski definition) is 1. The van der Waals surface area contributed by atoms with Gasteiger partial charge in [0.05, 0.1) is 12.8 Å². The summed E-state index contributed by atoms with van der Waals surface area (Å²) >= 11 is 0. The second-order valence-electron chi connectivity index (χ2n) is 6.29. The number of nitrogens with one attached hydrogen (secondary N) is 1. The molecule has 1 N–H and O–H groups in total. The van der Waals surface area contributed by atoms with Crippen molar-refractivity contribution in [2.75, 3.05) is 6.54 Å². The van der Waals surface area contributed by atoms with E-state index >= 15 is 0 Å². The van der Waals surface area contributed by atoms with Crippen molar-refractivity contribution in [3.63, 3.8) is 0 Å². The average Bonchev–Trinajstić information content (AvgIpc) is 2.84. The van der Waals surface area contributed by atoms with Gasteiger partial charge in [0.2, 0.25) is 0 Å². The fourth-order valence-electron chi connectivity index (χ4n) is 2.57. The minimum atomic E-state index is 0.323. The normalized spacial score (nSPS) is 19.8. The maximum absolute atomic E-state index is 5.67. The Bertz CT molecular complexity index is 382. The minimum Gasteiger partial charge on any atom is -0.468 e. The molecule has 0 saturated carbocycles. The van der Waals surface area contributed by atoms with E-state index in [9.17, 15) is 0 Å². The van der Waals surface area contributed by atoms with Crippen molar-refractivity contribution < 1.29 is 4.42 Å². The molecular formula is C15H26N2O. The van der Waals surface area contributed by atoms with Crippen LogP contribution in [0.15, 0.2) is 16.7 Å². The lowest BCUT2D eigenvalue weighted by Crippen LogP contribution is -2.37. The molecule has 0 amide bonds. The molecule has 0 radical (unpaired) electrons. The van der Waals surface area contributed by atoms with Crippen molar-refractivity contribution in [3.05, 3.63) is 23.7 Å². The summed E-state index contributed by atoms with van der Waals surface area (Å²) in [5.74, 6) is 1.09. The molecule has 0 bridgehead atoms. The Balaban J connectivity index is 1.90. The monoisotopic (exact) mass is 250 g/mol. The van der Waals surface area contributed by atoms with Crippen molar-refractivity contribution in [2.24, 2.45) is 0 Å². The van der Waals surface area contributed by atoms with Crippen molar-refractivity contribution in [1.82, 2.24) is 10.2 Å². The van der Waals surface area contributed by atoms with Crippen LogP contribution in [0.2, 0.25) is 0 Å². The third-order valence-corrected chi connectivity index (χ3v) is 3.84. The van der Waals surface area contributed by atoms with Crippen molar-refractivity contribution in [2.45, 2.75) is 65.2 Å². The van der Waals surface area contributed by atoms with Gasteiger partial charge in [0.15, 0.2) is 0 Å². The summed E-state index contributed by atoms with van der Waals surface area (Å²) in [6.45, 7) is 12.0. The molecule has 1 saturated heterocycles. The van der Waals surface area contributed by atoms with Gasteiger partial charge in [-0.25, -0.2) is 0 Å². The van der Waals surface area contributed by atoms with E-state index in [1.807, 2.05) is 6.26 Å². The average molecular weight is 250 g/mol. The molecule has 1 aromatic heterocycles. The molecule has 1 fully saturated rings. The van der Waals surface area contributed by atoms with Gasteiger partial charge in [-0.15, -0.1) is 0 Å². The Labute approximate surface area is 111 Å². The number of nitrogens with zero attached hydrogens (tertiary/aromatic N) is 1. The Kier molecular flexibility index (Phi) is 4.13. The Morgan fingerprint density at radius 2 is 2.22 bits per heavy atom. The molecule has 18 heavy (non-hydrogen) atoms. The van der Waals surface area contributed by atoms with Gasteiger partial charge in [-0.1, -0.05) is 13.8 Å². The fourth-order valence-corrected chi connectivity index (χ4v) is 2.57. The van der Waals surface area contributed by atoms with Crippen LogP contribution in [0.3, 0.4) is 0 Å². The minimum absolute atomic E-state index is 0.323. The number of likely N-dealkylation sites (tertiary alicyclic amines) is 1. The highest BCUT2D eigenvalue weighted by molar-refractivity contribution is 5.13. The maximum atomic E-state index is 5.67. The molecule has 102 valence electrons. The van der Waals surface area contributed by atoms with Gasteiger partial charge < -0.3 is 9.73 Å². The molecule has 0 unspecified atom stereocenters.